The first-order valence-corrected chi connectivity index (χ1v) is 11.1. The van der Waals surface area contributed by atoms with Crippen LogP contribution in [0.15, 0.2) is 24.4 Å². The molecular formula is C22H22N6O5. The molecule has 4 aliphatic heterocycles. The Labute approximate surface area is 188 Å². The van der Waals surface area contributed by atoms with Crippen molar-refractivity contribution in [3.05, 3.63) is 41.2 Å². The van der Waals surface area contributed by atoms with Gasteiger partial charge in [-0.2, -0.15) is 0 Å². The molecule has 33 heavy (non-hydrogen) atoms. The molecule has 170 valence electrons. The summed E-state index contributed by atoms with van der Waals surface area (Å²) in [5, 5.41) is 10.5. The van der Waals surface area contributed by atoms with E-state index >= 15 is 0 Å². The Morgan fingerprint density at radius 1 is 1.18 bits per heavy atom. The molecule has 4 aliphatic rings. The molecule has 4 amide bonds. The molecular weight excluding hydrogens is 428 g/mol. The average Bonchev–Trinajstić information content (AvgIpc) is 3.51. The molecule has 3 unspecified atom stereocenters. The van der Waals surface area contributed by atoms with Gasteiger partial charge in [0.05, 0.1) is 24.6 Å². The summed E-state index contributed by atoms with van der Waals surface area (Å²) in [6.45, 7) is 2.22. The average molecular weight is 450 g/mol. The largest absolute Gasteiger partial charge is 0.376 e. The van der Waals surface area contributed by atoms with Crippen LogP contribution in [0.2, 0.25) is 0 Å². The van der Waals surface area contributed by atoms with Crippen LogP contribution in [0.25, 0.3) is 5.69 Å². The molecule has 0 radical (unpaired) electrons. The number of nitrogens with zero attached hydrogens (tertiary/aromatic N) is 5. The summed E-state index contributed by atoms with van der Waals surface area (Å²) in [5.41, 5.74) is 2.12. The van der Waals surface area contributed by atoms with E-state index in [9.17, 15) is 19.2 Å². The van der Waals surface area contributed by atoms with Crippen molar-refractivity contribution in [2.24, 2.45) is 5.92 Å². The molecule has 3 atom stereocenters. The van der Waals surface area contributed by atoms with Gasteiger partial charge in [-0.3, -0.25) is 24.5 Å². The number of carbonyl (C=O) groups excluding carboxylic acids is 4. The Balaban J connectivity index is 1.20. The summed E-state index contributed by atoms with van der Waals surface area (Å²) in [4.78, 5) is 52.9. The molecule has 1 N–H and O–H groups in total. The van der Waals surface area contributed by atoms with Gasteiger partial charge in [0.25, 0.3) is 11.8 Å². The number of fused-ring (bicyclic) bond motifs is 3. The topological polar surface area (TPSA) is 127 Å². The van der Waals surface area contributed by atoms with Gasteiger partial charge in [-0.1, -0.05) is 11.3 Å². The van der Waals surface area contributed by atoms with E-state index in [1.54, 1.807) is 23.2 Å². The van der Waals surface area contributed by atoms with Crippen LogP contribution in [-0.2, 0) is 20.9 Å². The second-order valence-electron chi connectivity index (χ2n) is 9.06. The Hall–Kier alpha value is -3.60. The van der Waals surface area contributed by atoms with Gasteiger partial charge in [0.1, 0.15) is 6.04 Å². The third kappa shape index (κ3) is 3.39. The zero-order valence-electron chi connectivity index (χ0n) is 17.8. The number of piperidine rings is 2. The highest BCUT2D eigenvalue weighted by atomic mass is 16.5. The number of carbonyl (C=O) groups is 4. The number of hydrogen-bond acceptors (Lipinski definition) is 7. The maximum Gasteiger partial charge on any atom is 0.276 e. The highest BCUT2D eigenvalue weighted by molar-refractivity contribution is 6.05. The normalized spacial score (nSPS) is 26.5. The number of benzene rings is 1. The van der Waals surface area contributed by atoms with Crippen LogP contribution in [0, 0.1) is 5.92 Å². The van der Waals surface area contributed by atoms with Gasteiger partial charge in [-0.05, 0) is 30.5 Å². The van der Waals surface area contributed by atoms with Crippen LogP contribution >= 0.6 is 0 Å². The van der Waals surface area contributed by atoms with Gasteiger partial charge in [0, 0.05) is 37.5 Å². The van der Waals surface area contributed by atoms with Gasteiger partial charge in [-0.25, -0.2) is 4.68 Å². The SMILES string of the molecule is O=C1CCC(N2Cc3ccc(-n4cc(C(=O)N5CC6COC(C6)C5)nn4)cc3C2=O)C(=O)N1. The molecule has 0 saturated carbocycles. The monoisotopic (exact) mass is 450 g/mol. The predicted molar refractivity (Wildman–Crippen MR) is 111 cm³/mol. The smallest absolute Gasteiger partial charge is 0.276 e. The third-order valence-electron chi connectivity index (χ3n) is 6.84. The Bertz CT molecular complexity index is 1180. The Kier molecular flexibility index (Phi) is 4.54. The quantitative estimate of drug-likeness (QED) is 0.647. The van der Waals surface area contributed by atoms with Crippen molar-refractivity contribution in [1.29, 1.82) is 0 Å². The van der Waals surface area contributed by atoms with Gasteiger partial charge in [0.2, 0.25) is 11.8 Å². The van der Waals surface area contributed by atoms with Crippen molar-refractivity contribution in [2.75, 3.05) is 19.7 Å². The van der Waals surface area contributed by atoms with Crippen LogP contribution in [0.1, 0.15) is 45.7 Å². The lowest BCUT2D eigenvalue weighted by Gasteiger charge is -2.29. The van der Waals surface area contributed by atoms with E-state index in [4.69, 9.17) is 4.74 Å². The predicted octanol–water partition coefficient (Wildman–Crippen LogP) is -0.111. The molecule has 5 heterocycles. The second-order valence-corrected chi connectivity index (χ2v) is 9.06. The lowest BCUT2D eigenvalue weighted by Crippen LogP contribution is -2.52. The zero-order chi connectivity index (χ0) is 22.7. The van der Waals surface area contributed by atoms with Crippen LogP contribution in [-0.4, -0.2) is 80.3 Å². The first-order chi connectivity index (χ1) is 16.0. The molecule has 1 aromatic heterocycles. The summed E-state index contributed by atoms with van der Waals surface area (Å²) in [6, 6.07) is 4.65. The van der Waals surface area contributed by atoms with E-state index in [1.165, 1.54) is 9.58 Å². The van der Waals surface area contributed by atoms with Gasteiger partial charge >= 0.3 is 0 Å². The number of imide groups is 1. The van der Waals surface area contributed by atoms with Crippen molar-refractivity contribution in [3.63, 3.8) is 0 Å². The summed E-state index contributed by atoms with van der Waals surface area (Å²) >= 11 is 0. The summed E-state index contributed by atoms with van der Waals surface area (Å²) in [5.74, 6) is -0.824. The minimum absolute atomic E-state index is 0.0952. The number of hydrogen-bond donors (Lipinski definition) is 1. The first-order valence-electron chi connectivity index (χ1n) is 11.1. The first kappa shape index (κ1) is 20.0. The number of nitrogens with one attached hydrogen (secondary N) is 1. The molecule has 11 heteroatoms. The highest BCUT2D eigenvalue weighted by Crippen LogP contribution is 2.30. The van der Waals surface area contributed by atoms with Crippen molar-refractivity contribution < 1.29 is 23.9 Å². The molecule has 2 aromatic rings. The lowest BCUT2D eigenvalue weighted by atomic mass is 10.00. The van der Waals surface area contributed by atoms with Crippen molar-refractivity contribution in [2.45, 2.75) is 38.0 Å². The molecule has 3 saturated heterocycles. The third-order valence-corrected chi connectivity index (χ3v) is 6.84. The van der Waals surface area contributed by atoms with Gasteiger partial charge < -0.3 is 14.5 Å². The van der Waals surface area contributed by atoms with Crippen molar-refractivity contribution >= 4 is 23.6 Å². The summed E-state index contributed by atoms with van der Waals surface area (Å²) in [6.07, 6.45) is 3.18. The van der Waals surface area contributed by atoms with E-state index in [-0.39, 0.29) is 35.9 Å². The van der Waals surface area contributed by atoms with E-state index < -0.39 is 11.9 Å². The molecule has 2 bridgehead atoms. The molecule has 11 nitrogen and oxygen atoms in total. The molecule has 6 rings (SSSR count). The van der Waals surface area contributed by atoms with E-state index in [1.807, 2.05) is 6.07 Å². The Morgan fingerprint density at radius 2 is 2.06 bits per heavy atom. The Morgan fingerprint density at radius 3 is 2.88 bits per heavy atom. The number of amides is 4. The fourth-order valence-corrected chi connectivity index (χ4v) is 5.17. The zero-order valence-corrected chi connectivity index (χ0v) is 17.8. The van der Waals surface area contributed by atoms with Gasteiger partial charge in [0.15, 0.2) is 5.69 Å². The minimum atomic E-state index is -0.662. The fourth-order valence-electron chi connectivity index (χ4n) is 5.17. The van der Waals surface area contributed by atoms with Crippen LogP contribution in [0.4, 0.5) is 0 Å². The highest BCUT2D eigenvalue weighted by Gasteiger charge is 2.39. The van der Waals surface area contributed by atoms with Crippen LogP contribution in [0.3, 0.4) is 0 Å². The maximum atomic E-state index is 13.0. The van der Waals surface area contributed by atoms with Gasteiger partial charge in [-0.15, -0.1) is 5.10 Å². The molecule has 0 aliphatic carbocycles. The molecule has 1 aromatic carbocycles. The standard InChI is InChI=1S/C22H22N6O5/c29-19-4-3-18(20(30)23-19)27-8-13-1-2-14(6-16(13)21(27)31)28-10-17(24-25-28)22(32)26-7-12-5-15(9-26)33-11-12/h1-2,6,10,12,15,18H,3-5,7-9,11H2,(H,23,29,30). The van der Waals surface area contributed by atoms with E-state index in [0.717, 1.165) is 12.0 Å². The maximum absolute atomic E-state index is 13.0. The molecule has 0 spiro atoms. The summed E-state index contributed by atoms with van der Waals surface area (Å²) in [7, 11) is 0. The van der Waals surface area contributed by atoms with E-state index in [2.05, 4.69) is 15.6 Å². The van der Waals surface area contributed by atoms with Crippen molar-refractivity contribution in [3.8, 4) is 5.69 Å². The van der Waals surface area contributed by atoms with Crippen LogP contribution < -0.4 is 5.32 Å². The fraction of sp³-hybridized carbons (Fsp3) is 0.455. The summed E-state index contributed by atoms with van der Waals surface area (Å²) < 4.78 is 7.15. The number of aromatic nitrogens is 3. The lowest BCUT2D eigenvalue weighted by molar-refractivity contribution is -0.136. The van der Waals surface area contributed by atoms with Crippen molar-refractivity contribution in [1.82, 2.24) is 30.1 Å². The van der Waals surface area contributed by atoms with Crippen LogP contribution in [0.5, 0.6) is 0 Å². The van der Waals surface area contributed by atoms with E-state index in [0.29, 0.717) is 49.8 Å². The molecule has 3 fully saturated rings. The number of rotatable bonds is 3. The number of likely N-dealkylation sites (tertiary alicyclic amines) is 1. The second kappa shape index (κ2) is 7.48. The number of ether oxygens (including phenoxy) is 1. The minimum Gasteiger partial charge on any atom is -0.376 e.